The van der Waals surface area contributed by atoms with Crippen LogP contribution in [0.3, 0.4) is 0 Å². The lowest BCUT2D eigenvalue weighted by molar-refractivity contribution is -0.138. The molecule has 132 valence electrons. The summed E-state index contributed by atoms with van der Waals surface area (Å²) in [5.41, 5.74) is 0. The summed E-state index contributed by atoms with van der Waals surface area (Å²) in [6.45, 7) is 12.0. The molecule has 0 aromatic heterocycles. The number of allylic oxidation sites excluding steroid dienone is 1. The Bertz CT molecular complexity index is 374. The van der Waals surface area contributed by atoms with Crippen molar-refractivity contribution in [2.24, 2.45) is 0 Å². The maximum Gasteiger partial charge on any atom is 0.239 e. The van der Waals surface area contributed by atoms with Gasteiger partial charge in [0.25, 0.3) is 0 Å². The molecule has 2 atom stereocenters. The number of likely N-dealkylation sites (tertiary alicyclic amines) is 1. The molecule has 0 aromatic carbocycles. The smallest absolute Gasteiger partial charge is 0.239 e. The molecule has 5 heteroatoms. The van der Waals surface area contributed by atoms with Crippen molar-refractivity contribution in [1.82, 2.24) is 14.7 Å². The van der Waals surface area contributed by atoms with Gasteiger partial charge in [-0.15, -0.1) is 6.58 Å². The van der Waals surface area contributed by atoms with Gasteiger partial charge in [-0.3, -0.25) is 14.6 Å². The van der Waals surface area contributed by atoms with Crippen molar-refractivity contribution in [1.29, 1.82) is 0 Å². The third-order valence-corrected chi connectivity index (χ3v) is 5.15. The number of piperidine rings is 1. The van der Waals surface area contributed by atoms with E-state index in [1.807, 2.05) is 17.9 Å². The van der Waals surface area contributed by atoms with E-state index in [9.17, 15) is 9.90 Å². The standard InChI is InChI=1S/C18H33N3O2/c1-3-4-8-17(22)15-19-11-13-20(14-12-19)16(2)18(23)21-9-6-5-7-10-21/h3,16-17,22H,1,4-15H2,2H3. The molecule has 2 fully saturated rings. The third-order valence-electron chi connectivity index (χ3n) is 5.15. The first kappa shape index (κ1) is 18.4. The molecule has 2 saturated heterocycles. The van der Waals surface area contributed by atoms with Gasteiger partial charge in [0.1, 0.15) is 0 Å². The molecule has 1 N–H and O–H groups in total. The zero-order valence-electron chi connectivity index (χ0n) is 14.6. The maximum atomic E-state index is 12.6. The van der Waals surface area contributed by atoms with Crippen LogP contribution in [0.2, 0.25) is 0 Å². The summed E-state index contributed by atoms with van der Waals surface area (Å²) in [4.78, 5) is 19.2. The van der Waals surface area contributed by atoms with Gasteiger partial charge >= 0.3 is 0 Å². The van der Waals surface area contributed by atoms with Crippen LogP contribution in [0.25, 0.3) is 0 Å². The van der Waals surface area contributed by atoms with Crippen molar-refractivity contribution in [3.63, 3.8) is 0 Å². The Hall–Kier alpha value is -0.910. The number of hydrogen-bond acceptors (Lipinski definition) is 4. The van der Waals surface area contributed by atoms with E-state index in [0.29, 0.717) is 5.91 Å². The van der Waals surface area contributed by atoms with E-state index in [2.05, 4.69) is 16.4 Å². The van der Waals surface area contributed by atoms with Crippen LogP contribution in [0.5, 0.6) is 0 Å². The molecule has 2 aliphatic rings. The predicted molar refractivity (Wildman–Crippen MR) is 93.3 cm³/mol. The second-order valence-electron chi connectivity index (χ2n) is 6.92. The monoisotopic (exact) mass is 323 g/mol. The SMILES string of the molecule is C=CCCC(O)CN1CCN(C(C)C(=O)N2CCCCC2)CC1. The molecule has 2 heterocycles. The highest BCUT2D eigenvalue weighted by Gasteiger charge is 2.29. The number of hydrogen-bond donors (Lipinski definition) is 1. The molecule has 1 amide bonds. The summed E-state index contributed by atoms with van der Waals surface area (Å²) in [6.07, 6.45) is 6.78. The molecule has 23 heavy (non-hydrogen) atoms. The number of aliphatic hydroxyl groups excluding tert-OH is 1. The van der Waals surface area contributed by atoms with E-state index in [1.165, 1.54) is 6.42 Å². The molecular weight excluding hydrogens is 290 g/mol. The van der Waals surface area contributed by atoms with E-state index in [0.717, 1.165) is 71.5 Å². The lowest BCUT2D eigenvalue weighted by atomic mass is 10.1. The molecule has 0 aromatic rings. The van der Waals surface area contributed by atoms with Crippen LogP contribution in [-0.2, 0) is 4.79 Å². The maximum absolute atomic E-state index is 12.6. The first-order valence-electron chi connectivity index (χ1n) is 9.16. The summed E-state index contributed by atoms with van der Waals surface area (Å²) in [7, 11) is 0. The minimum atomic E-state index is -0.271. The Balaban J connectivity index is 1.72. The van der Waals surface area contributed by atoms with Crippen molar-refractivity contribution in [3.8, 4) is 0 Å². The second kappa shape index (κ2) is 9.40. The molecule has 2 unspecified atom stereocenters. The first-order valence-corrected chi connectivity index (χ1v) is 9.16. The van der Waals surface area contributed by atoms with E-state index >= 15 is 0 Å². The van der Waals surface area contributed by atoms with E-state index in [-0.39, 0.29) is 12.1 Å². The molecule has 2 rings (SSSR count). The fraction of sp³-hybridized carbons (Fsp3) is 0.833. The minimum absolute atomic E-state index is 0.0130. The Kier molecular flexibility index (Phi) is 7.53. The Labute approximate surface area is 140 Å². The fourth-order valence-electron chi connectivity index (χ4n) is 3.57. The number of nitrogens with zero attached hydrogens (tertiary/aromatic N) is 3. The molecular formula is C18H33N3O2. The number of β-amino-alcohol motifs (C(OH)–C–C–N with tert-alkyl or cyclic N) is 1. The largest absolute Gasteiger partial charge is 0.392 e. The third kappa shape index (κ3) is 5.59. The lowest BCUT2D eigenvalue weighted by Gasteiger charge is -2.40. The highest BCUT2D eigenvalue weighted by atomic mass is 16.3. The summed E-state index contributed by atoms with van der Waals surface area (Å²) in [6, 6.07) is -0.0130. The average molecular weight is 323 g/mol. The van der Waals surface area contributed by atoms with Gasteiger partial charge in [0.15, 0.2) is 0 Å². The number of amides is 1. The highest BCUT2D eigenvalue weighted by molar-refractivity contribution is 5.81. The zero-order chi connectivity index (χ0) is 16.7. The molecule has 0 aliphatic carbocycles. The van der Waals surface area contributed by atoms with Crippen molar-refractivity contribution in [2.75, 3.05) is 45.8 Å². The van der Waals surface area contributed by atoms with Gasteiger partial charge < -0.3 is 10.0 Å². The number of piperazine rings is 1. The number of aliphatic hydroxyl groups is 1. The minimum Gasteiger partial charge on any atom is -0.392 e. The molecule has 2 aliphatic heterocycles. The second-order valence-corrected chi connectivity index (χ2v) is 6.92. The van der Waals surface area contributed by atoms with Gasteiger partial charge in [-0.2, -0.15) is 0 Å². The average Bonchev–Trinajstić information content (AvgIpc) is 2.60. The van der Waals surface area contributed by atoms with Crippen LogP contribution in [0.4, 0.5) is 0 Å². The van der Waals surface area contributed by atoms with Crippen LogP contribution in [0.1, 0.15) is 39.0 Å². The Morgan fingerprint density at radius 3 is 2.39 bits per heavy atom. The molecule has 0 spiro atoms. The van der Waals surface area contributed by atoms with Crippen LogP contribution in [0, 0.1) is 0 Å². The molecule has 5 nitrogen and oxygen atoms in total. The Morgan fingerprint density at radius 1 is 1.13 bits per heavy atom. The van der Waals surface area contributed by atoms with Gasteiger partial charge in [0.05, 0.1) is 12.1 Å². The van der Waals surface area contributed by atoms with Crippen molar-refractivity contribution < 1.29 is 9.90 Å². The summed E-state index contributed by atoms with van der Waals surface area (Å²) in [5.74, 6) is 0.296. The van der Waals surface area contributed by atoms with Gasteiger partial charge in [0, 0.05) is 45.8 Å². The van der Waals surface area contributed by atoms with Gasteiger partial charge in [-0.25, -0.2) is 0 Å². The quantitative estimate of drug-likeness (QED) is 0.718. The molecule has 0 radical (unpaired) electrons. The van der Waals surface area contributed by atoms with Crippen LogP contribution < -0.4 is 0 Å². The summed E-state index contributed by atoms with van der Waals surface area (Å²) < 4.78 is 0. The summed E-state index contributed by atoms with van der Waals surface area (Å²) >= 11 is 0. The summed E-state index contributed by atoms with van der Waals surface area (Å²) in [5, 5.41) is 10.0. The lowest BCUT2D eigenvalue weighted by Crippen LogP contribution is -2.55. The van der Waals surface area contributed by atoms with Crippen LogP contribution in [0.15, 0.2) is 12.7 Å². The molecule has 0 saturated carbocycles. The Morgan fingerprint density at radius 2 is 1.78 bits per heavy atom. The van der Waals surface area contributed by atoms with E-state index in [4.69, 9.17) is 0 Å². The van der Waals surface area contributed by atoms with Gasteiger partial charge in [-0.05, 0) is 39.0 Å². The topological polar surface area (TPSA) is 47.0 Å². The van der Waals surface area contributed by atoms with Gasteiger partial charge in [-0.1, -0.05) is 6.08 Å². The number of carbonyl (C=O) groups is 1. The first-order chi connectivity index (χ1) is 11.1. The molecule has 0 bridgehead atoms. The van der Waals surface area contributed by atoms with E-state index in [1.54, 1.807) is 0 Å². The number of carbonyl (C=O) groups excluding carboxylic acids is 1. The number of rotatable bonds is 7. The van der Waals surface area contributed by atoms with Crippen molar-refractivity contribution in [3.05, 3.63) is 12.7 Å². The van der Waals surface area contributed by atoms with Crippen LogP contribution in [-0.4, -0.2) is 83.7 Å². The van der Waals surface area contributed by atoms with E-state index < -0.39 is 0 Å². The predicted octanol–water partition coefficient (Wildman–Crippen LogP) is 1.33. The van der Waals surface area contributed by atoms with Crippen LogP contribution >= 0.6 is 0 Å². The normalized spacial score (nSPS) is 23.5. The zero-order valence-corrected chi connectivity index (χ0v) is 14.6. The highest BCUT2D eigenvalue weighted by Crippen LogP contribution is 2.14. The van der Waals surface area contributed by atoms with Crippen molar-refractivity contribution >= 4 is 5.91 Å². The fourth-order valence-corrected chi connectivity index (χ4v) is 3.57. The van der Waals surface area contributed by atoms with Gasteiger partial charge in [0.2, 0.25) is 5.91 Å². The van der Waals surface area contributed by atoms with Crippen molar-refractivity contribution in [2.45, 2.75) is 51.2 Å².